The summed E-state index contributed by atoms with van der Waals surface area (Å²) >= 11 is 1.67. The van der Waals surface area contributed by atoms with E-state index in [1.165, 1.54) is 29.7 Å². The predicted molar refractivity (Wildman–Crippen MR) is 122 cm³/mol. The molecule has 3 aliphatic rings. The van der Waals surface area contributed by atoms with Crippen molar-refractivity contribution in [2.24, 2.45) is 23.7 Å². The smallest absolute Gasteiger partial charge is 0.306 e. The first-order valence-electron chi connectivity index (χ1n) is 11.4. The highest BCUT2D eigenvalue weighted by atomic mass is 32.2. The molecule has 164 valence electrons. The van der Waals surface area contributed by atoms with Gasteiger partial charge in [0.05, 0.1) is 11.6 Å². The number of aromatic nitrogens is 2. The molecule has 0 amide bonds. The van der Waals surface area contributed by atoms with Crippen LogP contribution in [0.2, 0.25) is 0 Å². The molecule has 2 aromatic rings. The Morgan fingerprint density at radius 1 is 1.26 bits per heavy atom. The number of aliphatic carboxylic acids is 1. The molecule has 1 saturated carbocycles. The van der Waals surface area contributed by atoms with E-state index < -0.39 is 5.97 Å². The summed E-state index contributed by atoms with van der Waals surface area (Å²) in [6.07, 6.45) is 9.24. The van der Waals surface area contributed by atoms with Crippen LogP contribution in [0.1, 0.15) is 44.6 Å². The zero-order valence-corrected chi connectivity index (χ0v) is 18.8. The maximum absolute atomic E-state index is 11.2. The highest BCUT2D eigenvalue weighted by molar-refractivity contribution is 7.99. The molecule has 2 N–H and O–H groups in total. The molecule has 1 aliphatic carbocycles. The van der Waals surface area contributed by atoms with E-state index in [1.54, 1.807) is 24.2 Å². The van der Waals surface area contributed by atoms with Crippen molar-refractivity contribution in [2.75, 3.05) is 18.4 Å². The molecule has 3 heterocycles. The number of piperidine rings is 1. The van der Waals surface area contributed by atoms with Gasteiger partial charge in [0.25, 0.3) is 0 Å². The van der Waals surface area contributed by atoms with Crippen LogP contribution in [0.4, 0.5) is 11.5 Å². The van der Waals surface area contributed by atoms with E-state index in [4.69, 9.17) is 0 Å². The maximum Gasteiger partial charge on any atom is 0.306 e. The topological polar surface area (TPSA) is 78.3 Å². The van der Waals surface area contributed by atoms with E-state index in [0.717, 1.165) is 49.0 Å². The van der Waals surface area contributed by atoms with Crippen molar-refractivity contribution < 1.29 is 9.90 Å². The summed E-state index contributed by atoms with van der Waals surface area (Å²) in [6, 6.07) is 6.70. The Bertz CT molecular complexity index is 954. The van der Waals surface area contributed by atoms with E-state index >= 15 is 0 Å². The van der Waals surface area contributed by atoms with E-state index in [0.29, 0.717) is 17.8 Å². The molecule has 0 spiro atoms. The quantitative estimate of drug-likeness (QED) is 0.558. The molecule has 7 heteroatoms. The zero-order chi connectivity index (χ0) is 21.4. The number of carboxylic acids is 1. The number of anilines is 2. The number of fused-ring (bicyclic) bond motifs is 4. The van der Waals surface area contributed by atoms with Gasteiger partial charge in [0.2, 0.25) is 0 Å². The van der Waals surface area contributed by atoms with Crippen molar-refractivity contribution in [3.63, 3.8) is 0 Å². The van der Waals surface area contributed by atoms with E-state index in [-0.39, 0.29) is 5.92 Å². The van der Waals surface area contributed by atoms with Crippen molar-refractivity contribution in [3.8, 4) is 0 Å². The highest BCUT2D eigenvalue weighted by Crippen LogP contribution is 2.44. The number of benzene rings is 1. The summed E-state index contributed by atoms with van der Waals surface area (Å²) in [5.41, 5.74) is 2.45. The molecular weight excluding hydrogens is 408 g/mol. The summed E-state index contributed by atoms with van der Waals surface area (Å²) in [4.78, 5) is 23.9. The number of likely N-dealkylation sites (tertiary alicyclic amines) is 1. The minimum atomic E-state index is -0.657. The molecule has 1 aromatic carbocycles. The SMILES string of the molecule is CC(CCC1C2CCCC1CN(Cc1ccc3c(c1)Nc1nccnc1S3)C2)C(=O)O. The van der Waals surface area contributed by atoms with Gasteiger partial charge >= 0.3 is 5.97 Å². The average Bonchev–Trinajstić information content (AvgIpc) is 2.75. The van der Waals surface area contributed by atoms with Gasteiger partial charge in [0, 0.05) is 36.9 Å². The van der Waals surface area contributed by atoms with Crippen molar-refractivity contribution in [1.29, 1.82) is 0 Å². The summed E-state index contributed by atoms with van der Waals surface area (Å²) in [5.74, 6) is 2.07. The number of carbonyl (C=O) groups is 1. The molecular formula is C24H30N4O2S. The number of carboxylic acid groups (broad SMARTS) is 1. The van der Waals surface area contributed by atoms with Crippen molar-refractivity contribution in [1.82, 2.24) is 14.9 Å². The molecule has 0 radical (unpaired) electrons. The van der Waals surface area contributed by atoms with Crippen molar-refractivity contribution in [2.45, 2.75) is 55.5 Å². The van der Waals surface area contributed by atoms with Gasteiger partial charge in [-0.05, 0) is 61.1 Å². The van der Waals surface area contributed by atoms with Crippen LogP contribution in [0.5, 0.6) is 0 Å². The van der Waals surface area contributed by atoms with Gasteiger partial charge in [-0.3, -0.25) is 9.69 Å². The van der Waals surface area contributed by atoms with Crippen LogP contribution < -0.4 is 5.32 Å². The molecule has 2 aliphatic heterocycles. The van der Waals surface area contributed by atoms with Gasteiger partial charge < -0.3 is 10.4 Å². The largest absolute Gasteiger partial charge is 0.481 e. The minimum absolute atomic E-state index is 0.227. The number of nitrogens with zero attached hydrogens (tertiary/aromatic N) is 3. The van der Waals surface area contributed by atoms with Crippen LogP contribution in [0.3, 0.4) is 0 Å². The fraction of sp³-hybridized carbons (Fsp3) is 0.542. The van der Waals surface area contributed by atoms with E-state index in [1.807, 2.05) is 6.92 Å². The molecule has 3 unspecified atom stereocenters. The molecule has 3 atom stereocenters. The van der Waals surface area contributed by atoms with Gasteiger partial charge in [-0.1, -0.05) is 31.2 Å². The van der Waals surface area contributed by atoms with Gasteiger partial charge in [-0.2, -0.15) is 0 Å². The normalized spacial score (nSPS) is 25.8. The maximum atomic E-state index is 11.2. The summed E-state index contributed by atoms with van der Waals surface area (Å²) in [6.45, 7) is 5.09. The Kier molecular flexibility index (Phi) is 5.89. The van der Waals surface area contributed by atoms with E-state index in [2.05, 4.69) is 38.4 Å². The number of hydrogen-bond acceptors (Lipinski definition) is 6. The van der Waals surface area contributed by atoms with Crippen LogP contribution >= 0.6 is 11.8 Å². The highest BCUT2D eigenvalue weighted by Gasteiger charge is 2.39. The summed E-state index contributed by atoms with van der Waals surface area (Å²) in [7, 11) is 0. The first kappa shape index (κ1) is 20.8. The fourth-order valence-corrected chi connectivity index (χ4v) is 6.53. The van der Waals surface area contributed by atoms with Gasteiger partial charge in [-0.15, -0.1) is 0 Å². The number of nitrogens with one attached hydrogen (secondary N) is 1. The Morgan fingerprint density at radius 3 is 2.81 bits per heavy atom. The van der Waals surface area contributed by atoms with Gasteiger partial charge in [0.15, 0.2) is 5.82 Å². The lowest BCUT2D eigenvalue weighted by Crippen LogP contribution is -2.48. The van der Waals surface area contributed by atoms with Crippen LogP contribution in [0.15, 0.2) is 40.5 Å². The summed E-state index contributed by atoms with van der Waals surface area (Å²) < 4.78 is 0. The van der Waals surface area contributed by atoms with Crippen LogP contribution in [0.25, 0.3) is 0 Å². The third kappa shape index (κ3) is 4.44. The van der Waals surface area contributed by atoms with Crippen molar-refractivity contribution in [3.05, 3.63) is 36.2 Å². The lowest BCUT2D eigenvalue weighted by atomic mass is 9.67. The molecule has 2 bridgehead atoms. The number of hydrogen-bond donors (Lipinski definition) is 2. The number of rotatable bonds is 6. The monoisotopic (exact) mass is 438 g/mol. The molecule has 31 heavy (non-hydrogen) atoms. The first-order valence-corrected chi connectivity index (χ1v) is 12.2. The Hall–Kier alpha value is -2.12. The fourth-order valence-electron chi connectivity index (χ4n) is 5.65. The third-order valence-corrected chi connectivity index (χ3v) is 8.34. The molecule has 1 aromatic heterocycles. The Morgan fingerprint density at radius 2 is 2.03 bits per heavy atom. The molecule has 5 rings (SSSR count). The standard InChI is InChI=1S/C24H30N4O2S/c1-15(24(29)30)5-7-19-17-3-2-4-18(19)14-28(13-17)12-16-6-8-21-20(11-16)27-22-23(31-21)26-10-9-25-22/h6,8-11,15,17-19H,2-5,7,12-14H2,1H3,(H,25,27)(H,29,30). The lowest BCUT2D eigenvalue weighted by molar-refractivity contribution is -0.141. The molecule has 1 saturated heterocycles. The first-order chi connectivity index (χ1) is 15.1. The Labute approximate surface area is 187 Å². The molecule has 2 fully saturated rings. The van der Waals surface area contributed by atoms with Crippen LogP contribution in [0, 0.1) is 23.7 Å². The van der Waals surface area contributed by atoms with Gasteiger partial charge in [0.1, 0.15) is 5.03 Å². The van der Waals surface area contributed by atoms with Gasteiger partial charge in [-0.25, -0.2) is 9.97 Å². The second kappa shape index (κ2) is 8.79. The second-order valence-corrected chi connectivity index (χ2v) is 10.4. The zero-order valence-electron chi connectivity index (χ0n) is 18.0. The average molecular weight is 439 g/mol. The van der Waals surface area contributed by atoms with Crippen LogP contribution in [-0.4, -0.2) is 39.0 Å². The lowest BCUT2D eigenvalue weighted by Gasteiger charge is -2.48. The Balaban J connectivity index is 1.24. The second-order valence-electron chi connectivity index (χ2n) is 9.39. The predicted octanol–water partition coefficient (Wildman–Crippen LogP) is 5.03. The van der Waals surface area contributed by atoms with E-state index in [9.17, 15) is 9.90 Å². The van der Waals surface area contributed by atoms with Crippen LogP contribution in [-0.2, 0) is 11.3 Å². The minimum Gasteiger partial charge on any atom is -0.481 e. The molecule has 6 nitrogen and oxygen atoms in total. The van der Waals surface area contributed by atoms with Crippen molar-refractivity contribution >= 4 is 29.2 Å². The third-order valence-electron chi connectivity index (χ3n) is 7.28. The summed E-state index contributed by atoms with van der Waals surface area (Å²) in [5, 5.41) is 13.6.